The number of nitrogens with zero attached hydrogens (tertiary/aromatic N) is 3. The molecule has 0 spiro atoms. The fourth-order valence-corrected chi connectivity index (χ4v) is 1.05. The first-order valence-corrected chi connectivity index (χ1v) is 4.91. The van der Waals surface area contributed by atoms with Crippen LogP contribution >= 0.6 is 0 Å². The Bertz CT molecular complexity index is 260. The van der Waals surface area contributed by atoms with E-state index in [2.05, 4.69) is 11.9 Å². The molecule has 0 atom stereocenters. The van der Waals surface area contributed by atoms with Crippen molar-refractivity contribution in [2.45, 2.75) is 26.2 Å². The maximum absolute atomic E-state index is 8.47. The monoisotopic (exact) mass is 210 g/mol. The second kappa shape index (κ2) is 7.62. The van der Waals surface area contributed by atoms with Crippen LogP contribution in [0.2, 0.25) is 0 Å². The maximum Gasteiger partial charge on any atom is 0.221 e. The van der Waals surface area contributed by atoms with Crippen LogP contribution in [-0.2, 0) is 0 Å². The molecule has 0 saturated carbocycles. The van der Waals surface area contributed by atoms with Gasteiger partial charge in [0.05, 0.1) is 12.5 Å². The molecule has 0 aromatic carbocycles. The highest BCUT2D eigenvalue weighted by Gasteiger charge is 2.07. The zero-order valence-electron chi connectivity index (χ0n) is 9.03. The molecule has 84 valence electrons. The second-order valence-electron chi connectivity index (χ2n) is 3.11. The molecule has 0 bridgehead atoms. The van der Waals surface area contributed by atoms with E-state index < -0.39 is 0 Å². The van der Waals surface area contributed by atoms with Crippen LogP contribution in [0.15, 0.2) is 4.99 Å². The van der Waals surface area contributed by atoms with Crippen LogP contribution in [-0.4, -0.2) is 29.9 Å². The zero-order valence-corrected chi connectivity index (χ0v) is 9.03. The Kier molecular flexibility index (Phi) is 6.72. The minimum atomic E-state index is -0.126. The van der Waals surface area contributed by atoms with Gasteiger partial charge in [0.25, 0.3) is 0 Å². The lowest BCUT2D eigenvalue weighted by Crippen LogP contribution is -2.34. The molecule has 6 nitrogen and oxygen atoms in total. The molecule has 0 aliphatic carbocycles. The van der Waals surface area contributed by atoms with Crippen LogP contribution < -0.4 is 11.5 Å². The molecular formula is C9H18N6. The molecule has 0 rings (SSSR count). The van der Waals surface area contributed by atoms with Crippen LogP contribution in [0.1, 0.15) is 26.2 Å². The summed E-state index contributed by atoms with van der Waals surface area (Å²) < 4.78 is 0. The summed E-state index contributed by atoms with van der Waals surface area (Å²) in [4.78, 5) is 5.36. The summed E-state index contributed by atoms with van der Waals surface area (Å²) in [7, 11) is 0. The summed E-state index contributed by atoms with van der Waals surface area (Å²) in [6.07, 6.45) is 2.35. The Hall–Kier alpha value is -1.77. The summed E-state index contributed by atoms with van der Waals surface area (Å²) >= 11 is 0. The average Bonchev–Trinajstić information content (AvgIpc) is 2.17. The van der Waals surface area contributed by atoms with Gasteiger partial charge in [-0.25, -0.2) is 0 Å². The normalized spacial score (nSPS) is 9.07. The lowest BCUT2D eigenvalue weighted by molar-refractivity contribution is 0.409. The average molecular weight is 210 g/mol. The van der Waals surface area contributed by atoms with Crippen LogP contribution in [0.25, 0.3) is 0 Å². The third-order valence-corrected chi connectivity index (χ3v) is 1.81. The fraction of sp³-hybridized carbons (Fsp3) is 0.667. The summed E-state index contributed by atoms with van der Waals surface area (Å²) in [6, 6.07) is 2.03. The van der Waals surface area contributed by atoms with Crippen LogP contribution in [0.3, 0.4) is 0 Å². The van der Waals surface area contributed by atoms with E-state index in [1.807, 2.05) is 6.07 Å². The molecular weight excluding hydrogens is 192 g/mol. The van der Waals surface area contributed by atoms with Gasteiger partial charge < -0.3 is 16.4 Å². The molecule has 0 aliphatic rings. The first-order chi connectivity index (χ1) is 7.11. The summed E-state index contributed by atoms with van der Waals surface area (Å²) in [5, 5.41) is 16.1. The van der Waals surface area contributed by atoms with E-state index in [4.69, 9.17) is 22.1 Å². The Labute approximate surface area is 90.1 Å². The van der Waals surface area contributed by atoms with E-state index >= 15 is 0 Å². The number of nitriles is 1. The Morgan fingerprint density at radius 2 is 2.13 bits per heavy atom. The molecule has 0 aromatic rings. The van der Waals surface area contributed by atoms with E-state index in [-0.39, 0.29) is 11.9 Å². The Morgan fingerprint density at radius 1 is 1.47 bits per heavy atom. The molecule has 0 amide bonds. The van der Waals surface area contributed by atoms with Crippen LogP contribution in [0, 0.1) is 16.7 Å². The molecule has 15 heavy (non-hydrogen) atoms. The quantitative estimate of drug-likeness (QED) is 0.444. The lowest BCUT2D eigenvalue weighted by atomic mass is 10.3. The van der Waals surface area contributed by atoms with Gasteiger partial charge in [0.15, 0.2) is 5.96 Å². The van der Waals surface area contributed by atoms with Gasteiger partial charge in [0.1, 0.15) is 0 Å². The van der Waals surface area contributed by atoms with Gasteiger partial charge >= 0.3 is 0 Å². The van der Waals surface area contributed by atoms with E-state index in [1.165, 1.54) is 0 Å². The summed E-state index contributed by atoms with van der Waals surface area (Å²) in [5.41, 5.74) is 10.4. The van der Waals surface area contributed by atoms with E-state index in [0.29, 0.717) is 19.5 Å². The van der Waals surface area contributed by atoms with Gasteiger partial charge in [0.2, 0.25) is 5.96 Å². The van der Waals surface area contributed by atoms with Crippen molar-refractivity contribution in [2.75, 3.05) is 13.1 Å². The highest BCUT2D eigenvalue weighted by molar-refractivity contribution is 5.91. The number of rotatable bonds is 5. The number of nitrogens with one attached hydrogen (secondary N) is 1. The zero-order chi connectivity index (χ0) is 11.7. The standard InChI is InChI=1S/C9H18N6/c1-2-3-6-15(7-4-5-10)9(13)14-8(11)12/h2-4,6-7H2,1H3,(H5,11,12,13,14). The van der Waals surface area contributed by atoms with Crippen molar-refractivity contribution in [2.24, 2.45) is 16.5 Å². The van der Waals surface area contributed by atoms with E-state index in [1.54, 1.807) is 4.90 Å². The Balaban J connectivity index is 4.28. The topological polar surface area (TPSA) is 115 Å². The van der Waals surface area contributed by atoms with E-state index in [9.17, 15) is 0 Å². The maximum atomic E-state index is 8.47. The first kappa shape index (κ1) is 13.2. The van der Waals surface area contributed by atoms with Gasteiger partial charge in [0, 0.05) is 13.1 Å². The largest absolute Gasteiger partial charge is 0.370 e. The fourth-order valence-electron chi connectivity index (χ4n) is 1.05. The molecule has 0 aliphatic heterocycles. The Morgan fingerprint density at radius 3 is 2.60 bits per heavy atom. The van der Waals surface area contributed by atoms with E-state index in [0.717, 1.165) is 12.8 Å². The number of hydrogen-bond donors (Lipinski definition) is 3. The van der Waals surface area contributed by atoms with Crippen molar-refractivity contribution in [1.82, 2.24) is 4.90 Å². The minimum absolute atomic E-state index is 0.0266. The molecule has 0 radical (unpaired) electrons. The van der Waals surface area contributed by atoms with Crippen LogP contribution in [0.5, 0.6) is 0 Å². The van der Waals surface area contributed by atoms with Crippen molar-refractivity contribution in [3.63, 3.8) is 0 Å². The van der Waals surface area contributed by atoms with Crippen molar-refractivity contribution >= 4 is 11.9 Å². The van der Waals surface area contributed by atoms with Gasteiger partial charge in [-0.1, -0.05) is 13.3 Å². The number of hydrogen-bond acceptors (Lipinski definition) is 2. The molecule has 6 heteroatoms. The summed E-state index contributed by atoms with van der Waals surface area (Å²) in [6.45, 7) is 3.26. The lowest BCUT2D eigenvalue weighted by Gasteiger charge is -2.20. The highest BCUT2D eigenvalue weighted by Crippen LogP contribution is 1.98. The third-order valence-electron chi connectivity index (χ3n) is 1.81. The minimum Gasteiger partial charge on any atom is -0.370 e. The van der Waals surface area contributed by atoms with Gasteiger partial charge in [-0.15, -0.1) is 0 Å². The van der Waals surface area contributed by atoms with Crippen molar-refractivity contribution in [3.05, 3.63) is 0 Å². The molecule has 0 unspecified atom stereocenters. The van der Waals surface area contributed by atoms with Gasteiger partial charge in [-0.2, -0.15) is 10.3 Å². The summed E-state index contributed by atoms with van der Waals surface area (Å²) in [5.74, 6) is -0.0999. The SMILES string of the molecule is CCCCN(CCC#N)C(=N)N=C(N)N. The van der Waals surface area contributed by atoms with Gasteiger partial charge in [-0.05, 0) is 6.42 Å². The number of nitrogens with two attached hydrogens (primary N) is 2. The van der Waals surface area contributed by atoms with Crippen molar-refractivity contribution in [3.8, 4) is 6.07 Å². The molecule has 0 aromatic heterocycles. The number of aliphatic imine (C=N–C) groups is 1. The number of unbranched alkanes of at least 4 members (excludes halogenated alkanes) is 1. The third kappa shape index (κ3) is 6.32. The predicted octanol–water partition coefficient (Wildman–Crippen LogP) is 0.210. The highest BCUT2D eigenvalue weighted by atomic mass is 15.3. The first-order valence-electron chi connectivity index (χ1n) is 4.91. The van der Waals surface area contributed by atoms with Gasteiger partial charge in [-0.3, -0.25) is 5.41 Å². The smallest absolute Gasteiger partial charge is 0.221 e. The second-order valence-corrected chi connectivity index (χ2v) is 3.11. The van der Waals surface area contributed by atoms with Crippen molar-refractivity contribution < 1.29 is 0 Å². The number of guanidine groups is 2. The van der Waals surface area contributed by atoms with Crippen LogP contribution in [0.4, 0.5) is 0 Å². The molecule has 0 saturated heterocycles. The predicted molar refractivity (Wildman–Crippen MR) is 60.2 cm³/mol. The molecule has 0 heterocycles. The van der Waals surface area contributed by atoms with Crippen molar-refractivity contribution in [1.29, 1.82) is 10.7 Å². The molecule has 5 N–H and O–H groups in total. The molecule has 0 fully saturated rings.